The number of halogens is 1. The van der Waals surface area contributed by atoms with E-state index in [-0.39, 0.29) is 18.3 Å². The molecule has 0 amide bonds. The van der Waals surface area contributed by atoms with Crippen LogP contribution < -0.4 is 0 Å². The lowest BCUT2D eigenvalue weighted by Gasteiger charge is -2.11. The molecule has 0 aliphatic heterocycles. The summed E-state index contributed by atoms with van der Waals surface area (Å²) < 4.78 is 21.0. The number of imidazole rings is 1. The van der Waals surface area contributed by atoms with Crippen LogP contribution in [0.25, 0.3) is 0 Å². The van der Waals surface area contributed by atoms with Gasteiger partial charge in [0.25, 0.3) is 0 Å². The predicted molar refractivity (Wildman–Crippen MR) is 89.3 cm³/mol. The number of aromatic nitrogens is 2. The van der Waals surface area contributed by atoms with Crippen molar-refractivity contribution in [2.45, 2.75) is 49.8 Å². The van der Waals surface area contributed by atoms with Crippen molar-refractivity contribution >= 4 is 11.8 Å². The fourth-order valence-corrected chi connectivity index (χ4v) is 3.56. The maximum absolute atomic E-state index is 13.4. The maximum Gasteiger partial charge on any atom is 0.136 e. The maximum atomic E-state index is 13.4. The highest BCUT2D eigenvalue weighted by molar-refractivity contribution is 7.99. The first-order chi connectivity index (χ1) is 11.1. The molecule has 0 spiro atoms. The normalized spacial score (nSPS) is 11.4. The van der Waals surface area contributed by atoms with Crippen LogP contribution in [-0.4, -0.2) is 27.9 Å². The summed E-state index contributed by atoms with van der Waals surface area (Å²) in [5.41, 5.74) is 0.990. The van der Waals surface area contributed by atoms with E-state index in [0.29, 0.717) is 13.2 Å². The highest BCUT2D eigenvalue weighted by atomic mass is 32.2. The number of nitrogens with zero attached hydrogens (tertiary/aromatic N) is 2. The van der Waals surface area contributed by atoms with Gasteiger partial charge in [0, 0.05) is 11.4 Å². The number of hydrogen-bond donors (Lipinski definition) is 1. The average Bonchev–Trinajstić information content (AvgIpc) is 2.85. The van der Waals surface area contributed by atoms with Crippen LogP contribution in [0.5, 0.6) is 0 Å². The second kappa shape index (κ2) is 8.47. The number of aliphatic hydroxyl groups is 1. The fourth-order valence-electron chi connectivity index (χ4n) is 2.29. The molecular weight excluding hydrogens is 315 g/mol. The van der Waals surface area contributed by atoms with Crippen LogP contribution >= 0.6 is 11.8 Å². The molecule has 6 heteroatoms. The Labute approximate surface area is 140 Å². The van der Waals surface area contributed by atoms with Crippen LogP contribution in [-0.2, 0) is 17.9 Å². The number of benzene rings is 1. The summed E-state index contributed by atoms with van der Waals surface area (Å²) in [7, 11) is 0. The van der Waals surface area contributed by atoms with Crippen molar-refractivity contribution in [1.82, 2.24) is 9.55 Å². The minimum Gasteiger partial charge on any atom is -0.394 e. The molecule has 0 atom stereocenters. The van der Waals surface area contributed by atoms with Crippen molar-refractivity contribution in [2.75, 3.05) is 13.2 Å². The molecule has 0 bridgehead atoms. The lowest BCUT2D eigenvalue weighted by atomic mass is 10.1. The van der Waals surface area contributed by atoms with Crippen LogP contribution in [0.15, 0.2) is 34.2 Å². The molecule has 4 nitrogen and oxygen atoms in total. The third kappa shape index (κ3) is 4.56. The summed E-state index contributed by atoms with van der Waals surface area (Å²) in [6.45, 7) is 7.64. The predicted octanol–water partition coefficient (Wildman–Crippen LogP) is 3.83. The van der Waals surface area contributed by atoms with Crippen molar-refractivity contribution in [3.05, 3.63) is 41.6 Å². The third-order valence-corrected chi connectivity index (χ3v) is 4.48. The van der Waals surface area contributed by atoms with Crippen LogP contribution in [0.4, 0.5) is 4.39 Å². The van der Waals surface area contributed by atoms with Gasteiger partial charge in [-0.2, -0.15) is 0 Å². The summed E-state index contributed by atoms with van der Waals surface area (Å²) in [4.78, 5) is 5.56. The van der Waals surface area contributed by atoms with Gasteiger partial charge >= 0.3 is 0 Å². The number of hydrogen-bond acceptors (Lipinski definition) is 4. The van der Waals surface area contributed by atoms with Gasteiger partial charge in [-0.3, -0.25) is 0 Å². The number of rotatable bonds is 8. The molecule has 2 aromatic rings. The van der Waals surface area contributed by atoms with E-state index in [9.17, 15) is 4.39 Å². The number of ether oxygens (including phenoxy) is 1. The van der Waals surface area contributed by atoms with Crippen LogP contribution in [0, 0.1) is 5.82 Å². The van der Waals surface area contributed by atoms with E-state index in [1.54, 1.807) is 6.07 Å². The molecule has 126 valence electrons. The van der Waals surface area contributed by atoms with Gasteiger partial charge in [0.2, 0.25) is 0 Å². The van der Waals surface area contributed by atoms with Gasteiger partial charge in [0.15, 0.2) is 0 Å². The Kier molecular flexibility index (Phi) is 6.62. The first kappa shape index (κ1) is 18.0. The minimum absolute atomic E-state index is 0.00519. The molecule has 1 N–H and O–H groups in total. The van der Waals surface area contributed by atoms with Crippen molar-refractivity contribution in [2.24, 2.45) is 0 Å². The Hall–Kier alpha value is -1.37. The number of aliphatic hydroxyl groups excluding tert-OH is 1. The summed E-state index contributed by atoms with van der Waals surface area (Å²) >= 11 is 1.52. The molecule has 0 aliphatic rings. The van der Waals surface area contributed by atoms with Crippen molar-refractivity contribution in [3.63, 3.8) is 0 Å². The van der Waals surface area contributed by atoms with Crippen LogP contribution in [0.2, 0.25) is 0 Å². The summed E-state index contributed by atoms with van der Waals surface area (Å²) in [5, 5.41) is 9.87. The van der Waals surface area contributed by atoms with Gasteiger partial charge in [-0.1, -0.05) is 31.7 Å². The molecule has 0 radical (unpaired) electrons. The molecule has 1 heterocycles. The Balaban J connectivity index is 2.34. The van der Waals surface area contributed by atoms with E-state index >= 15 is 0 Å². The smallest absolute Gasteiger partial charge is 0.136 e. The first-order valence-electron chi connectivity index (χ1n) is 7.78. The largest absolute Gasteiger partial charge is 0.394 e. The van der Waals surface area contributed by atoms with E-state index in [4.69, 9.17) is 14.8 Å². The highest BCUT2D eigenvalue weighted by Crippen LogP contribution is 2.35. The van der Waals surface area contributed by atoms with E-state index in [2.05, 4.69) is 25.3 Å². The molecule has 1 aromatic carbocycles. The second-order valence-electron chi connectivity index (χ2n) is 5.45. The van der Waals surface area contributed by atoms with E-state index < -0.39 is 0 Å². The summed E-state index contributed by atoms with van der Waals surface area (Å²) in [6.07, 6.45) is 0. The standard InChI is InChI=1S/C17H23FN2O2S/c1-4-20-15(11-22-9-8-21)19-16(12(2)3)17(20)23-14-7-5-6-13(18)10-14/h5-7,10,12,21H,4,8-9,11H2,1-3H3. The first-order valence-corrected chi connectivity index (χ1v) is 8.59. The van der Waals surface area contributed by atoms with Gasteiger partial charge in [0.1, 0.15) is 23.3 Å². The van der Waals surface area contributed by atoms with Crippen LogP contribution in [0.3, 0.4) is 0 Å². The quantitative estimate of drug-likeness (QED) is 0.743. The topological polar surface area (TPSA) is 47.3 Å². The molecule has 0 unspecified atom stereocenters. The molecule has 1 aromatic heterocycles. The van der Waals surface area contributed by atoms with Gasteiger partial charge in [-0.05, 0) is 31.0 Å². The summed E-state index contributed by atoms with van der Waals surface area (Å²) in [6, 6.07) is 6.58. The van der Waals surface area contributed by atoms with Crippen molar-refractivity contribution in [1.29, 1.82) is 0 Å². The van der Waals surface area contributed by atoms with Crippen molar-refractivity contribution in [3.8, 4) is 0 Å². The Morgan fingerprint density at radius 2 is 2.17 bits per heavy atom. The lowest BCUT2D eigenvalue weighted by molar-refractivity contribution is 0.0757. The van der Waals surface area contributed by atoms with Gasteiger partial charge in [-0.15, -0.1) is 0 Å². The van der Waals surface area contributed by atoms with E-state index in [1.165, 1.54) is 23.9 Å². The van der Waals surface area contributed by atoms with E-state index in [1.807, 2.05) is 6.07 Å². The van der Waals surface area contributed by atoms with Gasteiger partial charge in [0.05, 0.1) is 18.9 Å². The zero-order valence-corrected chi connectivity index (χ0v) is 14.6. The average molecular weight is 338 g/mol. The molecular formula is C17H23FN2O2S. The molecule has 2 rings (SSSR count). The zero-order valence-electron chi connectivity index (χ0n) is 13.8. The summed E-state index contributed by atoms with van der Waals surface area (Å²) in [5.74, 6) is 0.856. The van der Waals surface area contributed by atoms with Gasteiger partial charge < -0.3 is 14.4 Å². The van der Waals surface area contributed by atoms with E-state index in [0.717, 1.165) is 28.0 Å². The molecule has 23 heavy (non-hydrogen) atoms. The SMILES string of the molecule is CCn1c(COCCO)nc(C(C)C)c1Sc1cccc(F)c1. The minimum atomic E-state index is -0.241. The fraction of sp³-hybridized carbons (Fsp3) is 0.471. The molecule has 0 aliphatic carbocycles. The molecule has 0 saturated heterocycles. The van der Waals surface area contributed by atoms with Gasteiger partial charge in [-0.25, -0.2) is 9.37 Å². The zero-order chi connectivity index (χ0) is 16.8. The van der Waals surface area contributed by atoms with Crippen molar-refractivity contribution < 1.29 is 14.2 Å². The highest BCUT2D eigenvalue weighted by Gasteiger charge is 2.19. The molecule has 0 saturated carbocycles. The Morgan fingerprint density at radius 1 is 1.39 bits per heavy atom. The Morgan fingerprint density at radius 3 is 2.78 bits per heavy atom. The Bertz CT molecular complexity index is 644. The lowest BCUT2D eigenvalue weighted by Crippen LogP contribution is -2.07. The monoisotopic (exact) mass is 338 g/mol. The van der Waals surface area contributed by atoms with Crippen LogP contribution in [0.1, 0.15) is 38.2 Å². The molecule has 0 fully saturated rings. The third-order valence-electron chi connectivity index (χ3n) is 3.37. The second-order valence-corrected chi connectivity index (χ2v) is 6.52.